The van der Waals surface area contributed by atoms with Crippen LogP contribution in [0, 0.1) is 0 Å². The van der Waals surface area contributed by atoms with Crippen molar-refractivity contribution in [3.63, 3.8) is 0 Å². The first kappa shape index (κ1) is 29.1. The van der Waals surface area contributed by atoms with Crippen molar-refractivity contribution in [1.29, 1.82) is 0 Å². The fourth-order valence-electron chi connectivity index (χ4n) is 7.05. The van der Waals surface area contributed by atoms with E-state index in [2.05, 4.69) is 96.5 Å². The number of pyridine rings is 1. The van der Waals surface area contributed by atoms with E-state index in [-0.39, 0.29) is 5.41 Å². The summed E-state index contributed by atoms with van der Waals surface area (Å²) in [5.41, 5.74) is 8.42. The van der Waals surface area contributed by atoms with Crippen LogP contribution in [-0.2, 0) is 5.41 Å². The molecule has 1 nitrogen and oxygen atoms in total. The molecule has 3 aromatic carbocycles. The molecule has 1 aromatic heterocycles. The third-order valence-electron chi connectivity index (χ3n) is 9.19. The minimum Gasteiger partial charge on any atom is -0.255 e. The summed E-state index contributed by atoms with van der Waals surface area (Å²) in [7, 11) is 0. The third kappa shape index (κ3) is 6.23. The van der Waals surface area contributed by atoms with E-state index < -0.39 is 0 Å². The number of hydrogen-bond donors (Lipinski definition) is 0. The Hall–Kier alpha value is -2.45. The number of nitrogens with zero attached hydrogens (tertiary/aromatic N) is 1. The Labute approximate surface area is 251 Å². The highest BCUT2D eigenvalue weighted by Crippen LogP contribution is 2.56. The van der Waals surface area contributed by atoms with Gasteiger partial charge in [-0.25, -0.2) is 0 Å². The van der Waals surface area contributed by atoms with Crippen LogP contribution in [0.1, 0.15) is 115 Å². The first-order valence-corrected chi connectivity index (χ1v) is 16.8. The molecule has 0 amide bonds. The molecular weight excluding hydrogens is 550 g/mol. The molecule has 1 aliphatic rings. The third-order valence-corrected chi connectivity index (χ3v) is 9.66. The maximum atomic E-state index is 4.78. The van der Waals surface area contributed by atoms with Crippen LogP contribution < -0.4 is 0 Å². The zero-order chi connectivity index (χ0) is 27.8. The van der Waals surface area contributed by atoms with Gasteiger partial charge in [0.1, 0.15) is 0 Å². The van der Waals surface area contributed by atoms with Gasteiger partial charge < -0.3 is 0 Å². The van der Waals surface area contributed by atoms with E-state index in [1.807, 2.05) is 6.20 Å². The molecule has 210 valence electrons. The van der Waals surface area contributed by atoms with Crippen molar-refractivity contribution in [2.45, 2.75) is 109 Å². The number of fused-ring (bicyclic) bond motifs is 5. The van der Waals surface area contributed by atoms with Crippen LogP contribution in [0.15, 0.2) is 77.4 Å². The first-order chi connectivity index (χ1) is 19.7. The Bertz CT molecular complexity index is 1370. The van der Waals surface area contributed by atoms with Gasteiger partial charge >= 0.3 is 0 Å². The van der Waals surface area contributed by atoms with Crippen molar-refractivity contribution in [2.75, 3.05) is 0 Å². The van der Waals surface area contributed by atoms with Crippen molar-refractivity contribution in [3.8, 4) is 22.4 Å². The van der Waals surface area contributed by atoms with E-state index in [1.165, 1.54) is 117 Å². The van der Waals surface area contributed by atoms with E-state index >= 15 is 0 Å². The topological polar surface area (TPSA) is 12.9 Å². The zero-order valence-corrected chi connectivity index (χ0v) is 26.2. The summed E-state index contributed by atoms with van der Waals surface area (Å²) in [6.07, 6.45) is 20.5. The quantitative estimate of drug-likeness (QED) is 0.124. The minimum atomic E-state index is 0.0790. The fourth-order valence-corrected chi connectivity index (χ4v) is 7.28. The van der Waals surface area contributed by atoms with Crippen LogP contribution in [0.2, 0.25) is 0 Å². The molecule has 0 unspecified atom stereocenters. The number of rotatable bonds is 15. The minimum absolute atomic E-state index is 0.0790. The van der Waals surface area contributed by atoms with Gasteiger partial charge in [0.15, 0.2) is 0 Å². The largest absolute Gasteiger partial charge is 0.255 e. The van der Waals surface area contributed by atoms with Gasteiger partial charge in [0.25, 0.3) is 0 Å². The molecule has 0 atom stereocenters. The summed E-state index contributed by atoms with van der Waals surface area (Å²) in [6.45, 7) is 4.62. The predicted octanol–water partition coefficient (Wildman–Crippen LogP) is 12.4. The van der Waals surface area contributed by atoms with Crippen molar-refractivity contribution in [2.24, 2.45) is 0 Å². The first-order valence-electron chi connectivity index (χ1n) is 16.0. The van der Waals surface area contributed by atoms with Crippen LogP contribution >= 0.6 is 15.9 Å². The summed E-state index contributed by atoms with van der Waals surface area (Å²) in [6, 6.07) is 25.3. The lowest BCUT2D eigenvalue weighted by Gasteiger charge is -2.33. The van der Waals surface area contributed by atoms with Crippen LogP contribution in [0.4, 0.5) is 0 Å². The van der Waals surface area contributed by atoms with Crippen LogP contribution in [0.5, 0.6) is 0 Å². The van der Waals surface area contributed by atoms with Crippen molar-refractivity contribution in [1.82, 2.24) is 4.98 Å². The Balaban J connectivity index is 1.57. The van der Waals surface area contributed by atoms with Gasteiger partial charge in [0.05, 0.1) is 5.69 Å². The highest BCUT2D eigenvalue weighted by molar-refractivity contribution is 9.10. The zero-order valence-electron chi connectivity index (χ0n) is 24.7. The SMILES string of the molecule is CCCCCCCCC1(CCCCCCCC)c2cc(-c3ccc(Br)cn3)ccc2-c2c1ccc1ccccc21. The van der Waals surface area contributed by atoms with Gasteiger partial charge in [-0.05, 0) is 80.0 Å². The highest BCUT2D eigenvalue weighted by atomic mass is 79.9. The molecule has 0 saturated carbocycles. The lowest BCUT2D eigenvalue weighted by Crippen LogP contribution is -2.25. The van der Waals surface area contributed by atoms with E-state index in [9.17, 15) is 0 Å². The number of benzene rings is 3. The second-order valence-corrected chi connectivity index (χ2v) is 12.9. The maximum absolute atomic E-state index is 4.78. The molecule has 0 N–H and O–H groups in total. The van der Waals surface area contributed by atoms with Crippen molar-refractivity contribution >= 4 is 26.7 Å². The van der Waals surface area contributed by atoms with Gasteiger partial charge in [0, 0.05) is 21.6 Å². The summed E-state index contributed by atoms with van der Waals surface area (Å²) in [4.78, 5) is 4.78. The fraction of sp³-hybridized carbons (Fsp3) is 0.447. The molecule has 1 heterocycles. The molecule has 40 heavy (non-hydrogen) atoms. The van der Waals surface area contributed by atoms with Crippen molar-refractivity contribution < 1.29 is 0 Å². The average Bonchev–Trinajstić information content (AvgIpc) is 3.26. The molecular formula is C38H46BrN. The molecule has 4 aromatic rings. The second kappa shape index (κ2) is 13.9. The molecule has 5 rings (SSSR count). The average molecular weight is 597 g/mol. The normalized spacial score (nSPS) is 13.5. The van der Waals surface area contributed by atoms with E-state index in [1.54, 1.807) is 11.1 Å². The molecule has 0 bridgehead atoms. The number of unbranched alkanes of at least 4 members (excludes halogenated alkanes) is 10. The lowest BCUT2D eigenvalue weighted by molar-refractivity contribution is 0.398. The van der Waals surface area contributed by atoms with Crippen LogP contribution in [0.3, 0.4) is 0 Å². The molecule has 0 saturated heterocycles. The molecule has 0 aliphatic heterocycles. The van der Waals surface area contributed by atoms with Crippen molar-refractivity contribution in [3.05, 3.63) is 88.5 Å². The molecule has 0 radical (unpaired) electrons. The van der Waals surface area contributed by atoms with E-state index in [4.69, 9.17) is 4.98 Å². The molecule has 0 fully saturated rings. The smallest absolute Gasteiger partial charge is 0.0702 e. The number of hydrogen-bond acceptors (Lipinski definition) is 1. The Kier molecular flexibility index (Phi) is 10.1. The summed E-state index contributed by atoms with van der Waals surface area (Å²) >= 11 is 3.57. The lowest BCUT2D eigenvalue weighted by atomic mass is 9.70. The second-order valence-electron chi connectivity index (χ2n) is 11.9. The summed E-state index contributed by atoms with van der Waals surface area (Å²) < 4.78 is 1.02. The van der Waals surface area contributed by atoms with E-state index in [0.29, 0.717) is 0 Å². The Morgan fingerprint density at radius 1 is 0.650 bits per heavy atom. The van der Waals surface area contributed by atoms with Crippen LogP contribution in [-0.4, -0.2) is 4.98 Å². The van der Waals surface area contributed by atoms with Gasteiger partial charge in [-0.1, -0.05) is 139 Å². The predicted molar refractivity (Wildman–Crippen MR) is 177 cm³/mol. The monoisotopic (exact) mass is 595 g/mol. The molecule has 0 spiro atoms. The molecule has 2 heteroatoms. The number of aromatic nitrogens is 1. The maximum Gasteiger partial charge on any atom is 0.0702 e. The number of halogens is 1. The van der Waals surface area contributed by atoms with Crippen LogP contribution in [0.25, 0.3) is 33.2 Å². The summed E-state index contributed by atoms with van der Waals surface area (Å²) in [5, 5.41) is 2.75. The molecule has 1 aliphatic carbocycles. The standard InChI is InChI=1S/C38H46BrN/c1-3-5-7-9-11-15-25-38(26-16-12-10-8-6-4-2)34-23-20-29-17-13-14-18-32(29)37(34)33-22-19-30(27-35(33)38)36-24-21-31(39)28-40-36/h13-14,17-24,27-28H,3-12,15-16,25-26H2,1-2H3. The van der Waals surface area contributed by atoms with Gasteiger partial charge in [-0.15, -0.1) is 0 Å². The van der Waals surface area contributed by atoms with Gasteiger partial charge in [-0.3, -0.25) is 4.98 Å². The summed E-state index contributed by atoms with van der Waals surface area (Å²) in [5.74, 6) is 0. The van der Waals surface area contributed by atoms with Gasteiger partial charge in [-0.2, -0.15) is 0 Å². The van der Waals surface area contributed by atoms with E-state index in [0.717, 1.165) is 10.2 Å². The Morgan fingerprint density at radius 2 is 1.32 bits per heavy atom. The van der Waals surface area contributed by atoms with Gasteiger partial charge in [0.2, 0.25) is 0 Å². The highest BCUT2D eigenvalue weighted by Gasteiger charge is 2.43. The Morgan fingerprint density at radius 3 is 2.00 bits per heavy atom.